The van der Waals surface area contributed by atoms with Crippen molar-refractivity contribution in [2.75, 3.05) is 18.1 Å². The maximum atomic E-state index is 12.8. The number of amides is 2. The van der Waals surface area contributed by atoms with Crippen molar-refractivity contribution in [1.29, 1.82) is 0 Å². The van der Waals surface area contributed by atoms with Crippen LogP contribution in [0.3, 0.4) is 0 Å². The molecule has 0 atom stereocenters. The Labute approximate surface area is 171 Å². The van der Waals surface area contributed by atoms with Gasteiger partial charge in [0.15, 0.2) is 0 Å². The van der Waals surface area contributed by atoms with Gasteiger partial charge in [-0.1, -0.05) is 28.1 Å². The molecular formula is C20H20BrNO6. The van der Waals surface area contributed by atoms with Crippen LogP contribution in [0.1, 0.15) is 48.4 Å². The number of fused-ring (bicyclic) bond motifs is 1. The number of hydrogen-bond acceptors (Lipinski definition) is 6. The van der Waals surface area contributed by atoms with Crippen LogP contribution in [0.2, 0.25) is 0 Å². The van der Waals surface area contributed by atoms with Gasteiger partial charge in [-0.2, -0.15) is 0 Å². The van der Waals surface area contributed by atoms with Crippen molar-refractivity contribution in [2.45, 2.75) is 27.7 Å². The lowest BCUT2D eigenvalue weighted by Crippen LogP contribution is -2.35. The van der Waals surface area contributed by atoms with Crippen LogP contribution in [0, 0.1) is 0 Å². The lowest BCUT2D eigenvalue weighted by atomic mass is 10.1. The monoisotopic (exact) mass is 449 g/mol. The molecule has 0 heterocycles. The van der Waals surface area contributed by atoms with Crippen molar-refractivity contribution in [3.05, 3.63) is 39.9 Å². The molecule has 0 saturated heterocycles. The molecule has 0 aromatic carbocycles. The van der Waals surface area contributed by atoms with E-state index >= 15 is 0 Å². The highest BCUT2D eigenvalue weighted by Crippen LogP contribution is 2.43. The SMILES string of the molecule is CCOC(=O)c1c2ccc(Br)ccc-2c(C(=O)OCC)c1N(C(C)=O)C(C)=O. The first-order valence-electron chi connectivity index (χ1n) is 8.65. The van der Waals surface area contributed by atoms with Gasteiger partial charge in [0, 0.05) is 18.3 Å². The molecule has 0 aromatic rings. The summed E-state index contributed by atoms with van der Waals surface area (Å²) in [6, 6.07) is 6.62. The Hall–Kier alpha value is -2.74. The van der Waals surface area contributed by atoms with Gasteiger partial charge in [0.25, 0.3) is 0 Å². The molecule has 2 rings (SSSR count). The maximum Gasteiger partial charge on any atom is 0.340 e. The van der Waals surface area contributed by atoms with Crippen LogP contribution in [0.4, 0.5) is 5.69 Å². The van der Waals surface area contributed by atoms with Crippen molar-refractivity contribution in [3.8, 4) is 11.1 Å². The lowest BCUT2D eigenvalue weighted by molar-refractivity contribution is -0.124. The van der Waals surface area contributed by atoms with E-state index in [0.717, 1.165) is 4.90 Å². The third kappa shape index (κ3) is 4.06. The normalized spacial score (nSPS) is 10.5. The van der Waals surface area contributed by atoms with Crippen LogP contribution in [0.5, 0.6) is 0 Å². The topological polar surface area (TPSA) is 90.0 Å². The third-order valence-corrected chi connectivity index (χ3v) is 4.46. The first kappa shape index (κ1) is 21.6. The van der Waals surface area contributed by atoms with E-state index in [2.05, 4.69) is 15.9 Å². The number of imide groups is 1. The van der Waals surface area contributed by atoms with Gasteiger partial charge in [-0.05, 0) is 37.1 Å². The number of ether oxygens (including phenoxy) is 2. The van der Waals surface area contributed by atoms with Crippen molar-refractivity contribution >= 4 is 45.4 Å². The molecule has 0 spiro atoms. The Morgan fingerprint density at radius 3 is 1.54 bits per heavy atom. The molecule has 0 radical (unpaired) electrons. The van der Waals surface area contributed by atoms with E-state index < -0.39 is 23.8 Å². The molecular weight excluding hydrogens is 430 g/mol. The van der Waals surface area contributed by atoms with E-state index in [1.54, 1.807) is 38.1 Å². The molecule has 2 aliphatic carbocycles. The smallest absolute Gasteiger partial charge is 0.340 e. The van der Waals surface area contributed by atoms with E-state index in [1.807, 2.05) is 0 Å². The highest BCUT2D eigenvalue weighted by atomic mass is 79.9. The van der Waals surface area contributed by atoms with E-state index in [9.17, 15) is 19.2 Å². The highest BCUT2D eigenvalue weighted by Gasteiger charge is 2.37. The summed E-state index contributed by atoms with van der Waals surface area (Å²) in [6.45, 7) is 5.81. The quantitative estimate of drug-likeness (QED) is 0.644. The summed E-state index contributed by atoms with van der Waals surface area (Å²) in [7, 11) is 0. The number of carbonyl (C=O) groups is 4. The average molecular weight is 450 g/mol. The van der Waals surface area contributed by atoms with Crippen LogP contribution in [0.15, 0.2) is 28.7 Å². The second-order valence-corrected chi connectivity index (χ2v) is 6.71. The molecule has 0 N–H and O–H groups in total. The van der Waals surface area contributed by atoms with Crippen LogP contribution >= 0.6 is 15.9 Å². The van der Waals surface area contributed by atoms with Gasteiger partial charge < -0.3 is 9.47 Å². The van der Waals surface area contributed by atoms with E-state index in [1.165, 1.54) is 13.8 Å². The number of esters is 2. The number of carbonyl (C=O) groups excluding carboxylic acids is 4. The molecule has 148 valence electrons. The van der Waals surface area contributed by atoms with E-state index in [0.29, 0.717) is 15.6 Å². The standard InChI is InChI=1S/C20H20BrNO6/c1-5-27-19(25)16-14-9-7-13(21)8-10-15(14)17(20(26)28-6-2)18(16)22(11(3)23)12(4)24/h7-10H,5-6H2,1-4H3. The Morgan fingerprint density at radius 2 is 1.21 bits per heavy atom. The van der Waals surface area contributed by atoms with Gasteiger partial charge in [0.05, 0.1) is 30.0 Å². The summed E-state index contributed by atoms with van der Waals surface area (Å²) in [5, 5.41) is 0. The van der Waals surface area contributed by atoms with Gasteiger partial charge in [0.1, 0.15) is 0 Å². The molecule has 0 aliphatic heterocycles. The molecule has 0 unspecified atom stereocenters. The predicted molar refractivity (Wildman–Crippen MR) is 107 cm³/mol. The first-order valence-corrected chi connectivity index (χ1v) is 9.44. The molecule has 8 heteroatoms. The lowest BCUT2D eigenvalue weighted by Gasteiger charge is -2.19. The minimum Gasteiger partial charge on any atom is -0.462 e. The van der Waals surface area contributed by atoms with E-state index in [4.69, 9.17) is 9.47 Å². The van der Waals surface area contributed by atoms with Crippen LogP contribution in [0.25, 0.3) is 11.1 Å². The fraction of sp³-hybridized carbons (Fsp3) is 0.300. The van der Waals surface area contributed by atoms with Gasteiger partial charge in [-0.3, -0.25) is 9.59 Å². The summed E-state index contributed by atoms with van der Waals surface area (Å²) < 4.78 is 11.0. The molecule has 0 bridgehead atoms. The van der Waals surface area contributed by atoms with Crippen LogP contribution in [-0.2, 0) is 19.1 Å². The molecule has 2 amide bonds. The number of halogens is 1. The predicted octanol–water partition coefficient (Wildman–Crippen LogP) is 3.81. The zero-order valence-corrected chi connectivity index (χ0v) is 17.6. The van der Waals surface area contributed by atoms with Crippen molar-refractivity contribution in [2.24, 2.45) is 0 Å². The van der Waals surface area contributed by atoms with E-state index in [-0.39, 0.29) is 30.0 Å². The fourth-order valence-electron chi connectivity index (χ4n) is 2.96. The highest BCUT2D eigenvalue weighted by molar-refractivity contribution is 9.10. The summed E-state index contributed by atoms with van der Waals surface area (Å²) in [4.78, 5) is 50.8. The molecule has 2 aliphatic rings. The maximum absolute atomic E-state index is 12.8. The molecule has 7 nitrogen and oxygen atoms in total. The van der Waals surface area contributed by atoms with Crippen LogP contribution in [-0.4, -0.2) is 37.0 Å². The Morgan fingerprint density at radius 1 is 0.821 bits per heavy atom. The summed E-state index contributed by atoms with van der Waals surface area (Å²) in [6.07, 6.45) is 0. The van der Waals surface area contributed by atoms with Crippen molar-refractivity contribution in [1.82, 2.24) is 0 Å². The fourth-order valence-corrected chi connectivity index (χ4v) is 3.22. The number of nitrogens with zero attached hydrogens (tertiary/aromatic N) is 1. The zero-order valence-electron chi connectivity index (χ0n) is 16.0. The Bertz CT molecular complexity index is 854. The Kier molecular flexibility index (Phi) is 6.90. The summed E-state index contributed by atoms with van der Waals surface area (Å²) in [5.41, 5.74) is 0.556. The number of hydrogen-bond donors (Lipinski definition) is 0. The van der Waals surface area contributed by atoms with Gasteiger partial charge in [-0.15, -0.1) is 0 Å². The van der Waals surface area contributed by atoms with Crippen LogP contribution < -0.4 is 4.90 Å². The minimum absolute atomic E-state index is 0.0339. The Balaban J connectivity index is 3.02. The van der Waals surface area contributed by atoms with Gasteiger partial charge in [-0.25, -0.2) is 14.5 Å². The van der Waals surface area contributed by atoms with Crippen molar-refractivity contribution in [3.63, 3.8) is 0 Å². The number of rotatable bonds is 5. The second kappa shape index (κ2) is 8.97. The van der Waals surface area contributed by atoms with Crippen molar-refractivity contribution < 1.29 is 28.7 Å². The van der Waals surface area contributed by atoms with Gasteiger partial charge in [0.2, 0.25) is 11.8 Å². The van der Waals surface area contributed by atoms with Gasteiger partial charge >= 0.3 is 11.9 Å². The molecule has 0 saturated carbocycles. The third-order valence-electron chi connectivity index (χ3n) is 3.93. The molecule has 0 fully saturated rings. The second-order valence-electron chi connectivity index (χ2n) is 5.79. The number of anilines is 1. The summed E-state index contributed by atoms with van der Waals surface area (Å²) in [5.74, 6) is -2.75. The molecule has 28 heavy (non-hydrogen) atoms. The zero-order chi connectivity index (χ0) is 21.0. The molecule has 0 aromatic heterocycles. The minimum atomic E-state index is -0.743. The average Bonchev–Trinajstić information content (AvgIpc) is 2.79. The first-order chi connectivity index (χ1) is 13.2. The largest absolute Gasteiger partial charge is 0.462 e. The summed E-state index contributed by atoms with van der Waals surface area (Å²) >= 11 is 3.35.